The van der Waals surface area contributed by atoms with E-state index in [1.807, 2.05) is 53.1 Å². The zero-order chi connectivity index (χ0) is 14.3. The van der Waals surface area contributed by atoms with Crippen LogP contribution >= 0.6 is 34.4 Å². The van der Waals surface area contributed by atoms with Crippen molar-refractivity contribution in [3.8, 4) is 5.69 Å². The quantitative estimate of drug-likeness (QED) is 0.522. The van der Waals surface area contributed by atoms with Crippen LogP contribution in [0.1, 0.15) is 0 Å². The molecule has 1 heterocycles. The lowest BCUT2D eigenvalue weighted by molar-refractivity contribution is 0.622. The number of benzene rings is 2. The first kappa shape index (κ1) is 13.7. The molecular weight excluding hydrogens is 388 g/mol. The Morgan fingerprint density at radius 1 is 1.30 bits per heavy atom. The third-order valence-electron chi connectivity index (χ3n) is 3.03. The molecule has 0 atom stereocenters. The van der Waals surface area contributed by atoms with E-state index in [0.717, 1.165) is 10.6 Å². The molecule has 0 amide bonds. The van der Waals surface area contributed by atoms with Gasteiger partial charge in [-0.1, -0.05) is 6.07 Å². The number of nitrogens with zero attached hydrogens (tertiary/aromatic N) is 2. The third-order valence-corrected chi connectivity index (χ3v) is 4.59. The highest BCUT2D eigenvalue weighted by Gasteiger charge is 2.13. The zero-order valence-electron chi connectivity index (χ0n) is 10.6. The van der Waals surface area contributed by atoms with Crippen LogP contribution in [0, 0.1) is 9.39 Å². The van der Waals surface area contributed by atoms with Crippen LogP contribution in [0.25, 0.3) is 16.7 Å². The van der Waals surface area contributed by atoms with E-state index in [1.165, 1.54) is 6.07 Å². The fourth-order valence-corrected chi connectivity index (χ4v) is 3.02. The number of nitrogens with two attached hydrogens (primary N) is 1. The van der Waals surface area contributed by atoms with E-state index < -0.39 is 0 Å². The summed E-state index contributed by atoms with van der Waals surface area (Å²) >= 11 is 3.60. The number of anilines is 1. The van der Waals surface area contributed by atoms with E-state index in [1.54, 1.807) is 22.4 Å². The minimum atomic E-state index is -0.264. The van der Waals surface area contributed by atoms with E-state index >= 15 is 0 Å². The average molecular weight is 399 g/mol. The second-order valence-electron chi connectivity index (χ2n) is 4.26. The molecule has 20 heavy (non-hydrogen) atoms. The molecule has 0 unspecified atom stereocenters. The summed E-state index contributed by atoms with van der Waals surface area (Å²) in [5.74, 6) is 0.0972. The molecule has 102 valence electrons. The molecule has 0 bridgehead atoms. The maximum Gasteiger partial charge on any atom is 0.205 e. The number of imidazole rings is 1. The summed E-state index contributed by atoms with van der Waals surface area (Å²) in [6.45, 7) is 0. The van der Waals surface area contributed by atoms with Crippen molar-refractivity contribution in [1.29, 1.82) is 0 Å². The van der Waals surface area contributed by atoms with E-state index in [-0.39, 0.29) is 5.82 Å². The second-order valence-corrected chi connectivity index (χ2v) is 6.30. The van der Waals surface area contributed by atoms with Gasteiger partial charge in [-0.2, -0.15) is 0 Å². The Bertz CT molecular complexity index is 800. The van der Waals surface area contributed by atoms with E-state index in [4.69, 9.17) is 5.73 Å². The molecule has 0 saturated carbocycles. The van der Waals surface area contributed by atoms with Gasteiger partial charge >= 0.3 is 0 Å². The Morgan fingerprint density at radius 3 is 2.85 bits per heavy atom. The topological polar surface area (TPSA) is 43.8 Å². The van der Waals surface area contributed by atoms with Crippen molar-refractivity contribution in [1.82, 2.24) is 9.55 Å². The normalized spacial score (nSPS) is 11.2. The largest absolute Gasteiger partial charge is 0.369 e. The lowest BCUT2D eigenvalue weighted by Gasteiger charge is -2.08. The predicted octanol–water partition coefficient (Wildman–Crippen LogP) is 4.07. The lowest BCUT2D eigenvalue weighted by Crippen LogP contribution is -2.00. The number of nitrogen functional groups attached to an aromatic ring is 1. The van der Waals surface area contributed by atoms with Gasteiger partial charge in [0.1, 0.15) is 5.82 Å². The molecule has 0 radical (unpaired) electrons. The van der Waals surface area contributed by atoms with Crippen LogP contribution in [0.15, 0.2) is 41.3 Å². The number of thioether (sulfide) groups is 1. The first-order valence-corrected chi connectivity index (χ1v) is 8.18. The summed E-state index contributed by atoms with van der Waals surface area (Å²) in [7, 11) is 0. The van der Waals surface area contributed by atoms with E-state index in [9.17, 15) is 4.39 Å². The molecule has 3 aromatic rings. The van der Waals surface area contributed by atoms with Crippen molar-refractivity contribution < 1.29 is 4.39 Å². The molecule has 0 spiro atoms. The monoisotopic (exact) mass is 399 g/mol. The Labute approximate surface area is 133 Å². The van der Waals surface area contributed by atoms with Crippen molar-refractivity contribution in [2.75, 3.05) is 12.0 Å². The number of fused-ring (bicyclic) bond motifs is 1. The highest BCUT2D eigenvalue weighted by molar-refractivity contribution is 14.1. The molecule has 0 fully saturated rings. The van der Waals surface area contributed by atoms with Gasteiger partial charge in [-0.3, -0.25) is 4.57 Å². The number of hydrogen-bond donors (Lipinski definition) is 1. The van der Waals surface area contributed by atoms with Crippen molar-refractivity contribution in [3.63, 3.8) is 0 Å². The van der Waals surface area contributed by atoms with Crippen LogP contribution in [0.3, 0.4) is 0 Å². The molecule has 0 aliphatic carbocycles. The second kappa shape index (κ2) is 5.25. The van der Waals surface area contributed by atoms with E-state index in [2.05, 4.69) is 4.98 Å². The standard InChI is InChI=1S/C14H11FIN3S/c1-20-9-4-2-3-8(5-9)19-13-6-10(15)11(16)7-12(13)18-14(19)17/h2-7H,1H3,(H2,17,18). The Balaban J connectivity index is 2.29. The Hall–Kier alpha value is -1.28. The van der Waals surface area contributed by atoms with Crippen LogP contribution in [0.4, 0.5) is 10.3 Å². The van der Waals surface area contributed by atoms with Crippen LogP contribution in [-0.2, 0) is 0 Å². The van der Waals surface area contributed by atoms with Gasteiger partial charge < -0.3 is 5.73 Å². The summed E-state index contributed by atoms with van der Waals surface area (Å²) in [6.07, 6.45) is 2.01. The van der Waals surface area contributed by atoms with Crippen LogP contribution in [-0.4, -0.2) is 15.8 Å². The van der Waals surface area contributed by atoms with Crippen molar-refractivity contribution in [2.45, 2.75) is 4.90 Å². The van der Waals surface area contributed by atoms with Crippen molar-refractivity contribution in [2.24, 2.45) is 0 Å². The van der Waals surface area contributed by atoms with Crippen LogP contribution in [0.2, 0.25) is 0 Å². The maximum absolute atomic E-state index is 13.8. The zero-order valence-corrected chi connectivity index (χ0v) is 13.6. The smallest absolute Gasteiger partial charge is 0.205 e. The van der Waals surface area contributed by atoms with Gasteiger partial charge in [-0.05, 0) is 53.1 Å². The molecule has 1 aromatic heterocycles. The van der Waals surface area contributed by atoms with Crippen LogP contribution < -0.4 is 5.73 Å². The van der Waals surface area contributed by atoms with Crippen LogP contribution in [0.5, 0.6) is 0 Å². The maximum atomic E-state index is 13.8. The van der Waals surface area contributed by atoms with Gasteiger partial charge in [0.05, 0.1) is 20.3 Å². The minimum absolute atomic E-state index is 0.264. The molecule has 2 aromatic carbocycles. The lowest BCUT2D eigenvalue weighted by atomic mass is 10.2. The van der Waals surface area contributed by atoms with Gasteiger partial charge in [0.25, 0.3) is 0 Å². The Kier molecular flexibility index (Phi) is 3.59. The summed E-state index contributed by atoms with van der Waals surface area (Å²) in [5, 5.41) is 0. The number of halogens is 2. The highest BCUT2D eigenvalue weighted by atomic mass is 127. The summed E-state index contributed by atoms with van der Waals surface area (Å²) in [4.78, 5) is 5.43. The molecule has 2 N–H and O–H groups in total. The molecule has 6 heteroatoms. The fourth-order valence-electron chi connectivity index (χ4n) is 2.11. The first-order valence-electron chi connectivity index (χ1n) is 5.87. The number of rotatable bonds is 2. The summed E-state index contributed by atoms with van der Waals surface area (Å²) in [6, 6.07) is 11.1. The van der Waals surface area contributed by atoms with Crippen molar-refractivity contribution in [3.05, 3.63) is 45.8 Å². The highest BCUT2D eigenvalue weighted by Crippen LogP contribution is 2.27. The van der Waals surface area contributed by atoms with Gasteiger partial charge in [-0.15, -0.1) is 11.8 Å². The average Bonchev–Trinajstić information content (AvgIpc) is 2.74. The van der Waals surface area contributed by atoms with Crippen molar-refractivity contribution >= 4 is 51.3 Å². The van der Waals surface area contributed by atoms with E-state index in [0.29, 0.717) is 20.6 Å². The molecule has 0 aliphatic heterocycles. The van der Waals surface area contributed by atoms with Gasteiger partial charge in [0.15, 0.2) is 0 Å². The van der Waals surface area contributed by atoms with Gasteiger partial charge in [-0.25, -0.2) is 9.37 Å². The van der Waals surface area contributed by atoms with Gasteiger partial charge in [0.2, 0.25) is 5.95 Å². The third kappa shape index (κ3) is 2.26. The molecule has 0 aliphatic rings. The molecular formula is C14H11FIN3S. The molecule has 3 nitrogen and oxygen atoms in total. The minimum Gasteiger partial charge on any atom is -0.369 e. The number of hydrogen-bond acceptors (Lipinski definition) is 3. The summed E-state index contributed by atoms with van der Waals surface area (Å²) in [5.41, 5.74) is 8.26. The fraction of sp³-hybridized carbons (Fsp3) is 0.0714. The first-order chi connectivity index (χ1) is 9.60. The van der Waals surface area contributed by atoms with Gasteiger partial charge in [0, 0.05) is 11.0 Å². The molecule has 0 saturated heterocycles. The molecule has 3 rings (SSSR count). The SMILES string of the molecule is CSc1cccc(-n2c(N)nc3cc(I)c(F)cc32)c1. The summed E-state index contributed by atoms with van der Waals surface area (Å²) < 4.78 is 16.1. The predicted molar refractivity (Wildman–Crippen MR) is 89.9 cm³/mol. The number of aromatic nitrogens is 2. The Morgan fingerprint density at radius 2 is 2.10 bits per heavy atom.